The number of carbonyl (C=O) groups excluding carboxylic acids is 1. The Labute approximate surface area is 201 Å². The first-order chi connectivity index (χ1) is 15.2. The zero-order chi connectivity index (χ0) is 23.0. The maximum atomic E-state index is 14.1. The van der Waals surface area contributed by atoms with Crippen molar-refractivity contribution in [2.45, 2.75) is 63.6 Å². The molecular formula is C27H31Cl2NO2. The monoisotopic (exact) mass is 471 g/mol. The summed E-state index contributed by atoms with van der Waals surface area (Å²) >= 11 is 12.6. The highest BCUT2D eigenvalue weighted by Crippen LogP contribution is 2.54. The SMILES string of the molecule is C=CC[C@@]1(C)C[C@H](c2cccc(Cl)c2)[C@@H](c2ccc(Cl)cc2)N(C(C2CC2)[C@H](C)O)C1=O. The van der Waals surface area contributed by atoms with Crippen LogP contribution >= 0.6 is 23.2 Å². The summed E-state index contributed by atoms with van der Waals surface area (Å²) in [5.74, 6) is 0.436. The number of likely N-dealkylation sites (tertiary alicyclic amines) is 1. The Kier molecular flexibility index (Phi) is 6.72. The molecule has 0 bridgehead atoms. The van der Waals surface area contributed by atoms with E-state index in [4.69, 9.17) is 23.2 Å². The first-order valence-electron chi connectivity index (χ1n) is 11.4. The number of aliphatic hydroxyl groups excluding tert-OH is 1. The first-order valence-corrected chi connectivity index (χ1v) is 12.1. The average molecular weight is 472 g/mol. The van der Waals surface area contributed by atoms with E-state index < -0.39 is 11.5 Å². The van der Waals surface area contributed by atoms with Crippen molar-refractivity contribution in [3.8, 4) is 0 Å². The summed E-state index contributed by atoms with van der Waals surface area (Å²) in [6.07, 6.45) is 4.55. The smallest absolute Gasteiger partial charge is 0.229 e. The summed E-state index contributed by atoms with van der Waals surface area (Å²) in [7, 11) is 0. The van der Waals surface area contributed by atoms with Crippen molar-refractivity contribution in [2.24, 2.45) is 11.3 Å². The van der Waals surface area contributed by atoms with Crippen LogP contribution in [-0.4, -0.2) is 28.1 Å². The molecule has 1 aliphatic heterocycles. The van der Waals surface area contributed by atoms with Crippen molar-refractivity contribution >= 4 is 29.1 Å². The number of amides is 1. The van der Waals surface area contributed by atoms with E-state index in [1.807, 2.05) is 67.3 Å². The molecule has 0 aromatic heterocycles. The number of benzene rings is 2. The van der Waals surface area contributed by atoms with E-state index in [1.165, 1.54) is 0 Å². The molecule has 32 heavy (non-hydrogen) atoms. The minimum absolute atomic E-state index is 0.0255. The number of hydrogen-bond donors (Lipinski definition) is 1. The third-order valence-corrected chi connectivity index (χ3v) is 7.59. The number of aliphatic hydroxyl groups is 1. The molecule has 1 heterocycles. The maximum Gasteiger partial charge on any atom is 0.229 e. The van der Waals surface area contributed by atoms with E-state index in [9.17, 15) is 9.90 Å². The molecular weight excluding hydrogens is 441 g/mol. The third kappa shape index (κ3) is 4.48. The fraction of sp³-hybridized carbons (Fsp3) is 0.444. The van der Waals surface area contributed by atoms with E-state index in [1.54, 1.807) is 0 Å². The lowest BCUT2D eigenvalue weighted by Crippen LogP contribution is -2.58. The van der Waals surface area contributed by atoms with Gasteiger partial charge in [-0.3, -0.25) is 4.79 Å². The molecule has 1 aliphatic carbocycles. The average Bonchev–Trinajstić information content (AvgIpc) is 3.57. The molecule has 5 atom stereocenters. The Bertz CT molecular complexity index is 983. The van der Waals surface area contributed by atoms with E-state index in [0.29, 0.717) is 28.8 Å². The highest BCUT2D eigenvalue weighted by atomic mass is 35.5. The topological polar surface area (TPSA) is 40.5 Å². The standard InChI is InChI=1S/C27H31Cl2NO2/c1-4-14-27(3)16-23(20-6-5-7-22(29)15-20)25(19-10-12-21(28)13-11-19)30(26(27)32)24(17(2)31)18-8-9-18/h4-7,10-13,15,17-18,23-25,31H,1,8-9,14,16H2,2-3H3/t17-,23+,24?,25+,27-/m0/s1. The lowest BCUT2D eigenvalue weighted by atomic mass is 9.66. The Morgan fingerprint density at radius 3 is 2.41 bits per heavy atom. The van der Waals surface area contributed by atoms with Crippen molar-refractivity contribution in [2.75, 3.05) is 0 Å². The van der Waals surface area contributed by atoms with Crippen molar-refractivity contribution in [1.29, 1.82) is 0 Å². The Morgan fingerprint density at radius 1 is 1.16 bits per heavy atom. The van der Waals surface area contributed by atoms with Crippen LogP contribution in [0.25, 0.3) is 0 Å². The number of nitrogens with zero attached hydrogens (tertiary/aromatic N) is 1. The number of allylic oxidation sites excluding steroid dienone is 1. The predicted molar refractivity (Wildman–Crippen MR) is 131 cm³/mol. The second-order valence-electron chi connectivity index (χ2n) is 9.70. The fourth-order valence-corrected chi connectivity index (χ4v) is 5.83. The van der Waals surface area contributed by atoms with Gasteiger partial charge in [0.1, 0.15) is 0 Å². The fourth-order valence-electron chi connectivity index (χ4n) is 5.51. The van der Waals surface area contributed by atoms with Gasteiger partial charge in [0.25, 0.3) is 0 Å². The number of halogens is 2. The van der Waals surface area contributed by atoms with Crippen LogP contribution in [0.3, 0.4) is 0 Å². The number of carbonyl (C=O) groups is 1. The molecule has 2 aromatic carbocycles. The molecule has 1 saturated heterocycles. The van der Waals surface area contributed by atoms with E-state index in [2.05, 4.69) is 12.6 Å². The third-order valence-electron chi connectivity index (χ3n) is 7.11. The van der Waals surface area contributed by atoms with Crippen LogP contribution in [0.15, 0.2) is 61.2 Å². The van der Waals surface area contributed by atoms with E-state index in [0.717, 1.165) is 24.0 Å². The van der Waals surface area contributed by atoms with E-state index in [-0.39, 0.29) is 23.9 Å². The Balaban J connectivity index is 1.91. The molecule has 1 saturated carbocycles. The molecule has 3 nitrogen and oxygen atoms in total. The summed E-state index contributed by atoms with van der Waals surface area (Å²) in [6.45, 7) is 7.77. The van der Waals surface area contributed by atoms with Gasteiger partial charge in [-0.1, -0.05) is 60.5 Å². The van der Waals surface area contributed by atoms with Crippen LogP contribution in [0, 0.1) is 11.3 Å². The van der Waals surface area contributed by atoms with Crippen molar-refractivity contribution in [1.82, 2.24) is 4.90 Å². The molecule has 1 N–H and O–H groups in total. The molecule has 2 aromatic rings. The van der Waals surface area contributed by atoms with Crippen LogP contribution in [-0.2, 0) is 4.79 Å². The van der Waals surface area contributed by atoms with Crippen LogP contribution in [0.2, 0.25) is 10.0 Å². The second-order valence-corrected chi connectivity index (χ2v) is 10.6. The molecule has 2 aliphatic rings. The van der Waals surface area contributed by atoms with Gasteiger partial charge in [-0.05, 0) is 73.9 Å². The van der Waals surface area contributed by atoms with Crippen LogP contribution in [0.4, 0.5) is 0 Å². The van der Waals surface area contributed by atoms with Crippen molar-refractivity contribution < 1.29 is 9.90 Å². The van der Waals surface area contributed by atoms with E-state index >= 15 is 0 Å². The van der Waals surface area contributed by atoms with Gasteiger partial charge in [0.15, 0.2) is 0 Å². The number of hydrogen-bond acceptors (Lipinski definition) is 2. The number of rotatable bonds is 7. The molecule has 0 spiro atoms. The first kappa shape index (κ1) is 23.4. The van der Waals surface area contributed by atoms with Gasteiger partial charge in [-0.25, -0.2) is 0 Å². The van der Waals surface area contributed by atoms with Crippen LogP contribution in [0.1, 0.15) is 62.6 Å². The molecule has 5 heteroatoms. The molecule has 170 valence electrons. The quantitative estimate of drug-likeness (QED) is 0.451. The van der Waals surface area contributed by atoms with Crippen LogP contribution < -0.4 is 0 Å². The van der Waals surface area contributed by atoms with Gasteiger partial charge < -0.3 is 10.0 Å². The van der Waals surface area contributed by atoms with Gasteiger partial charge in [-0.15, -0.1) is 6.58 Å². The minimum atomic E-state index is -0.618. The largest absolute Gasteiger partial charge is 0.391 e. The van der Waals surface area contributed by atoms with Gasteiger partial charge in [0.2, 0.25) is 5.91 Å². The summed E-state index contributed by atoms with van der Waals surface area (Å²) in [5.41, 5.74) is 1.53. The zero-order valence-electron chi connectivity index (χ0n) is 18.7. The molecule has 1 amide bonds. The van der Waals surface area contributed by atoms with Crippen molar-refractivity contribution in [3.05, 3.63) is 82.4 Å². The summed E-state index contributed by atoms with van der Waals surface area (Å²) in [5, 5.41) is 12.2. The summed E-state index contributed by atoms with van der Waals surface area (Å²) in [4.78, 5) is 16.1. The van der Waals surface area contributed by atoms with Gasteiger partial charge in [0, 0.05) is 16.0 Å². The minimum Gasteiger partial charge on any atom is -0.391 e. The maximum absolute atomic E-state index is 14.1. The molecule has 2 fully saturated rings. The summed E-state index contributed by atoms with van der Waals surface area (Å²) in [6, 6.07) is 15.3. The molecule has 0 radical (unpaired) electrons. The lowest BCUT2D eigenvalue weighted by Gasteiger charge is -2.53. The normalized spacial score (nSPS) is 27.8. The molecule has 1 unspecified atom stereocenters. The second kappa shape index (κ2) is 9.21. The number of piperidine rings is 1. The highest BCUT2D eigenvalue weighted by molar-refractivity contribution is 6.30. The highest BCUT2D eigenvalue weighted by Gasteiger charge is 2.54. The lowest BCUT2D eigenvalue weighted by molar-refractivity contribution is -0.159. The Hall–Kier alpha value is -1.81. The predicted octanol–water partition coefficient (Wildman–Crippen LogP) is 6.79. The van der Waals surface area contributed by atoms with Crippen LogP contribution in [0.5, 0.6) is 0 Å². The van der Waals surface area contributed by atoms with Crippen molar-refractivity contribution in [3.63, 3.8) is 0 Å². The summed E-state index contributed by atoms with van der Waals surface area (Å²) < 4.78 is 0. The van der Waals surface area contributed by atoms with Gasteiger partial charge in [0.05, 0.1) is 23.6 Å². The van der Waals surface area contributed by atoms with Gasteiger partial charge in [-0.2, -0.15) is 0 Å². The van der Waals surface area contributed by atoms with Gasteiger partial charge >= 0.3 is 0 Å². The zero-order valence-corrected chi connectivity index (χ0v) is 20.2. The Morgan fingerprint density at radius 2 is 1.84 bits per heavy atom. The molecule has 4 rings (SSSR count).